The van der Waals surface area contributed by atoms with Crippen molar-refractivity contribution in [2.45, 2.75) is 13.3 Å². The molecule has 0 atom stereocenters. The molecule has 0 aliphatic rings. The first-order chi connectivity index (χ1) is 7.72. The molecule has 0 bridgehead atoms. The van der Waals surface area contributed by atoms with Crippen molar-refractivity contribution in [3.05, 3.63) is 29.8 Å². The Morgan fingerprint density at radius 1 is 1.50 bits per heavy atom. The summed E-state index contributed by atoms with van der Waals surface area (Å²) < 4.78 is 0. The zero-order valence-electron chi connectivity index (χ0n) is 9.86. The van der Waals surface area contributed by atoms with Gasteiger partial charge in [0, 0.05) is 12.2 Å². The number of nitrogens with one attached hydrogen (secondary N) is 1. The van der Waals surface area contributed by atoms with Gasteiger partial charge in [0.25, 0.3) is 0 Å². The SMILES string of the molecule is CSCCCN=C(N)Nc1cccc(C)c1. The number of hydrogen-bond acceptors (Lipinski definition) is 2. The number of anilines is 1. The Bertz CT molecular complexity index is 350. The highest BCUT2D eigenvalue weighted by atomic mass is 32.2. The van der Waals surface area contributed by atoms with Crippen molar-refractivity contribution in [2.75, 3.05) is 23.9 Å². The topological polar surface area (TPSA) is 50.4 Å². The van der Waals surface area contributed by atoms with E-state index in [0.717, 1.165) is 24.4 Å². The number of benzene rings is 1. The lowest BCUT2D eigenvalue weighted by molar-refractivity contribution is 0.941. The lowest BCUT2D eigenvalue weighted by Crippen LogP contribution is -2.22. The molecule has 1 aromatic carbocycles. The van der Waals surface area contributed by atoms with Crippen LogP contribution in [0.2, 0.25) is 0 Å². The zero-order valence-corrected chi connectivity index (χ0v) is 10.7. The Kier molecular flexibility index (Phi) is 5.78. The fourth-order valence-corrected chi connectivity index (χ4v) is 1.74. The highest BCUT2D eigenvalue weighted by molar-refractivity contribution is 7.98. The molecule has 0 radical (unpaired) electrons. The molecule has 1 rings (SSSR count). The third-order valence-electron chi connectivity index (χ3n) is 2.08. The van der Waals surface area contributed by atoms with Crippen LogP contribution in [0.15, 0.2) is 29.3 Å². The molecular formula is C12H19N3S. The van der Waals surface area contributed by atoms with E-state index in [2.05, 4.69) is 29.6 Å². The van der Waals surface area contributed by atoms with E-state index in [1.54, 1.807) is 0 Å². The molecule has 88 valence electrons. The van der Waals surface area contributed by atoms with Gasteiger partial charge in [0.1, 0.15) is 0 Å². The van der Waals surface area contributed by atoms with E-state index in [0.29, 0.717) is 5.96 Å². The molecule has 0 heterocycles. The second-order valence-corrected chi connectivity index (χ2v) is 4.59. The summed E-state index contributed by atoms with van der Waals surface area (Å²) in [7, 11) is 0. The first-order valence-corrected chi connectivity index (χ1v) is 6.74. The Morgan fingerprint density at radius 3 is 3.00 bits per heavy atom. The van der Waals surface area contributed by atoms with Crippen LogP contribution in [0.4, 0.5) is 5.69 Å². The van der Waals surface area contributed by atoms with E-state index in [1.807, 2.05) is 30.0 Å². The smallest absolute Gasteiger partial charge is 0.193 e. The third kappa shape index (κ3) is 5.07. The van der Waals surface area contributed by atoms with Gasteiger partial charge in [-0.05, 0) is 43.0 Å². The summed E-state index contributed by atoms with van der Waals surface area (Å²) in [4.78, 5) is 4.26. The first kappa shape index (κ1) is 12.9. The van der Waals surface area contributed by atoms with Gasteiger partial charge in [0.15, 0.2) is 5.96 Å². The molecule has 16 heavy (non-hydrogen) atoms. The third-order valence-corrected chi connectivity index (χ3v) is 2.78. The second-order valence-electron chi connectivity index (χ2n) is 3.61. The summed E-state index contributed by atoms with van der Waals surface area (Å²) in [5, 5.41) is 3.08. The molecule has 0 amide bonds. The van der Waals surface area contributed by atoms with E-state index in [4.69, 9.17) is 5.73 Å². The van der Waals surface area contributed by atoms with Crippen molar-refractivity contribution >= 4 is 23.4 Å². The number of nitrogens with two attached hydrogens (primary N) is 1. The van der Waals surface area contributed by atoms with E-state index < -0.39 is 0 Å². The monoisotopic (exact) mass is 237 g/mol. The first-order valence-electron chi connectivity index (χ1n) is 5.35. The number of aliphatic imine (C=N–C) groups is 1. The molecule has 1 aromatic rings. The highest BCUT2D eigenvalue weighted by Crippen LogP contribution is 2.08. The molecule has 0 saturated carbocycles. The summed E-state index contributed by atoms with van der Waals surface area (Å²) in [6, 6.07) is 8.08. The van der Waals surface area contributed by atoms with E-state index >= 15 is 0 Å². The van der Waals surface area contributed by atoms with E-state index in [1.165, 1.54) is 5.56 Å². The maximum atomic E-state index is 5.77. The quantitative estimate of drug-likeness (QED) is 0.470. The number of nitrogens with zero attached hydrogens (tertiary/aromatic N) is 1. The van der Waals surface area contributed by atoms with Crippen molar-refractivity contribution in [2.24, 2.45) is 10.7 Å². The van der Waals surface area contributed by atoms with E-state index in [9.17, 15) is 0 Å². The Balaban J connectivity index is 2.41. The highest BCUT2D eigenvalue weighted by Gasteiger charge is 1.94. The summed E-state index contributed by atoms with van der Waals surface area (Å²) in [6.07, 6.45) is 3.16. The van der Waals surface area contributed by atoms with Gasteiger partial charge in [0.2, 0.25) is 0 Å². The van der Waals surface area contributed by atoms with Crippen LogP contribution in [0.3, 0.4) is 0 Å². The van der Waals surface area contributed by atoms with Gasteiger partial charge in [-0.25, -0.2) is 0 Å². The molecule has 0 aromatic heterocycles. The van der Waals surface area contributed by atoms with Crippen LogP contribution < -0.4 is 11.1 Å². The van der Waals surface area contributed by atoms with Crippen LogP contribution in [-0.2, 0) is 0 Å². The van der Waals surface area contributed by atoms with Crippen molar-refractivity contribution in [1.82, 2.24) is 0 Å². The molecule has 0 unspecified atom stereocenters. The summed E-state index contributed by atoms with van der Waals surface area (Å²) in [5.41, 5.74) is 7.97. The van der Waals surface area contributed by atoms with Crippen LogP contribution >= 0.6 is 11.8 Å². The van der Waals surface area contributed by atoms with Gasteiger partial charge in [0.05, 0.1) is 0 Å². The fraction of sp³-hybridized carbons (Fsp3) is 0.417. The van der Waals surface area contributed by atoms with Crippen LogP contribution in [0.5, 0.6) is 0 Å². The summed E-state index contributed by atoms with van der Waals surface area (Å²) >= 11 is 1.83. The minimum atomic E-state index is 0.492. The van der Waals surface area contributed by atoms with Crippen LogP contribution in [0, 0.1) is 6.92 Å². The second kappa shape index (κ2) is 7.17. The van der Waals surface area contributed by atoms with Crippen LogP contribution in [-0.4, -0.2) is 24.5 Å². The summed E-state index contributed by atoms with van der Waals surface area (Å²) in [6.45, 7) is 2.84. The van der Waals surface area contributed by atoms with Crippen molar-refractivity contribution < 1.29 is 0 Å². The molecular weight excluding hydrogens is 218 g/mol. The van der Waals surface area contributed by atoms with Gasteiger partial charge >= 0.3 is 0 Å². The largest absolute Gasteiger partial charge is 0.370 e. The minimum absolute atomic E-state index is 0.492. The van der Waals surface area contributed by atoms with Gasteiger partial charge in [-0.1, -0.05) is 12.1 Å². The average molecular weight is 237 g/mol. The van der Waals surface area contributed by atoms with Crippen LogP contribution in [0.1, 0.15) is 12.0 Å². The van der Waals surface area contributed by atoms with Gasteiger partial charge in [-0.3, -0.25) is 4.99 Å². The predicted molar refractivity (Wildman–Crippen MR) is 74.3 cm³/mol. The average Bonchev–Trinajstić information content (AvgIpc) is 2.24. The zero-order chi connectivity index (χ0) is 11.8. The lowest BCUT2D eigenvalue weighted by atomic mass is 10.2. The lowest BCUT2D eigenvalue weighted by Gasteiger charge is -2.06. The Labute approximate surface area is 102 Å². The maximum Gasteiger partial charge on any atom is 0.193 e. The molecule has 0 aliphatic carbocycles. The predicted octanol–water partition coefficient (Wildman–Crippen LogP) is 2.47. The maximum absolute atomic E-state index is 5.77. The Hall–Kier alpha value is -1.16. The van der Waals surface area contributed by atoms with Crippen molar-refractivity contribution in [3.8, 4) is 0 Å². The molecule has 4 heteroatoms. The number of guanidine groups is 1. The number of rotatable bonds is 5. The van der Waals surface area contributed by atoms with Crippen molar-refractivity contribution in [1.29, 1.82) is 0 Å². The number of aryl methyl sites for hydroxylation is 1. The normalized spacial score (nSPS) is 11.5. The fourth-order valence-electron chi connectivity index (χ4n) is 1.32. The van der Waals surface area contributed by atoms with Gasteiger partial charge in [-0.2, -0.15) is 11.8 Å². The van der Waals surface area contributed by atoms with Gasteiger partial charge < -0.3 is 11.1 Å². The van der Waals surface area contributed by atoms with Crippen molar-refractivity contribution in [3.63, 3.8) is 0 Å². The summed E-state index contributed by atoms with van der Waals surface area (Å²) in [5.74, 6) is 1.62. The Morgan fingerprint density at radius 2 is 2.31 bits per heavy atom. The number of hydrogen-bond donors (Lipinski definition) is 2. The molecule has 0 saturated heterocycles. The number of thioether (sulfide) groups is 1. The molecule has 0 spiro atoms. The molecule has 3 nitrogen and oxygen atoms in total. The molecule has 0 aliphatic heterocycles. The standard InChI is InChI=1S/C12H19N3S/c1-10-5-3-6-11(9-10)15-12(13)14-7-4-8-16-2/h3,5-6,9H,4,7-8H2,1-2H3,(H3,13,14,15). The molecule has 0 fully saturated rings. The van der Waals surface area contributed by atoms with Gasteiger partial charge in [-0.15, -0.1) is 0 Å². The van der Waals surface area contributed by atoms with Crippen LogP contribution in [0.25, 0.3) is 0 Å². The van der Waals surface area contributed by atoms with E-state index in [-0.39, 0.29) is 0 Å². The molecule has 3 N–H and O–H groups in total. The minimum Gasteiger partial charge on any atom is -0.370 e.